The summed E-state index contributed by atoms with van der Waals surface area (Å²) in [4.78, 5) is 18.6. The van der Waals surface area contributed by atoms with Gasteiger partial charge >= 0.3 is 0 Å². The second kappa shape index (κ2) is 6.52. The number of rotatable bonds is 5. The Bertz CT molecular complexity index is 436. The molecule has 0 aromatic carbocycles. The second-order valence-electron chi connectivity index (χ2n) is 4.79. The van der Waals surface area contributed by atoms with E-state index in [9.17, 15) is 4.79 Å². The molecule has 5 heteroatoms. The summed E-state index contributed by atoms with van der Waals surface area (Å²) in [5, 5.41) is 2.83. The Morgan fingerprint density at radius 1 is 1.63 bits per heavy atom. The van der Waals surface area contributed by atoms with Crippen molar-refractivity contribution >= 4 is 11.7 Å². The van der Waals surface area contributed by atoms with E-state index in [-0.39, 0.29) is 5.91 Å². The normalized spacial score (nSPS) is 18.6. The molecule has 19 heavy (non-hydrogen) atoms. The van der Waals surface area contributed by atoms with Crippen molar-refractivity contribution in [2.24, 2.45) is 5.92 Å². The van der Waals surface area contributed by atoms with E-state index in [1.54, 1.807) is 19.4 Å². The van der Waals surface area contributed by atoms with Crippen LogP contribution >= 0.6 is 0 Å². The molecule has 104 valence electrons. The van der Waals surface area contributed by atoms with Crippen molar-refractivity contribution in [2.45, 2.75) is 13.3 Å². The Balaban J connectivity index is 2.14. The van der Waals surface area contributed by atoms with E-state index in [0.29, 0.717) is 18.0 Å². The maximum Gasteiger partial charge on any atom is 0.255 e. The number of aromatic nitrogens is 1. The summed E-state index contributed by atoms with van der Waals surface area (Å²) in [6, 6.07) is 3.63. The fourth-order valence-electron chi connectivity index (χ4n) is 2.48. The van der Waals surface area contributed by atoms with Gasteiger partial charge in [0.1, 0.15) is 5.82 Å². The van der Waals surface area contributed by atoms with Crippen LogP contribution in [0.25, 0.3) is 0 Å². The average molecular weight is 263 g/mol. The first kappa shape index (κ1) is 13.8. The first-order chi connectivity index (χ1) is 9.26. The van der Waals surface area contributed by atoms with Crippen LogP contribution in [-0.2, 0) is 4.74 Å². The molecule has 1 aliphatic heterocycles. The minimum atomic E-state index is -0.0548. The number of nitrogens with one attached hydrogen (secondary N) is 1. The number of anilines is 1. The van der Waals surface area contributed by atoms with Crippen LogP contribution < -0.4 is 10.2 Å². The smallest absolute Gasteiger partial charge is 0.255 e. The number of pyridine rings is 1. The largest absolute Gasteiger partial charge is 0.384 e. The number of amides is 1. The molecule has 0 saturated carbocycles. The van der Waals surface area contributed by atoms with Gasteiger partial charge in [-0.15, -0.1) is 0 Å². The topological polar surface area (TPSA) is 54.5 Å². The molecule has 0 aliphatic carbocycles. The van der Waals surface area contributed by atoms with Crippen molar-refractivity contribution in [1.82, 2.24) is 10.3 Å². The molecule has 1 aliphatic rings. The number of hydrogen-bond donors (Lipinski definition) is 1. The van der Waals surface area contributed by atoms with Gasteiger partial charge in [-0.3, -0.25) is 4.79 Å². The first-order valence-corrected chi connectivity index (χ1v) is 6.73. The first-order valence-electron chi connectivity index (χ1n) is 6.73. The summed E-state index contributed by atoms with van der Waals surface area (Å²) in [6.07, 6.45) is 2.82. The number of nitrogens with zero attached hydrogens (tertiary/aromatic N) is 2. The zero-order chi connectivity index (χ0) is 13.7. The van der Waals surface area contributed by atoms with Gasteiger partial charge in [-0.1, -0.05) is 0 Å². The molecule has 0 bridgehead atoms. The molecule has 1 N–H and O–H groups in total. The van der Waals surface area contributed by atoms with Gasteiger partial charge in [-0.05, 0) is 25.5 Å². The second-order valence-corrected chi connectivity index (χ2v) is 4.79. The lowest BCUT2D eigenvalue weighted by atomic mass is 10.1. The Labute approximate surface area is 114 Å². The van der Waals surface area contributed by atoms with E-state index < -0.39 is 0 Å². The molecule has 1 fully saturated rings. The van der Waals surface area contributed by atoms with Gasteiger partial charge in [-0.25, -0.2) is 4.98 Å². The quantitative estimate of drug-likeness (QED) is 0.870. The molecule has 1 aromatic heterocycles. The van der Waals surface area contributed by atoms with Gasteiger partial charge in [0.15, 0.2) is 0 Å². The van der Waals surface area contributed by atoms with Gasteiger partial charge in [-0.2, -0.15) is 0 Å². The van der Waals surface area contributed by atoms with Crippen LogP contribution in [0, 0.1) is 5.92 Å². The van der Waals surface area contributed by atoms with E-state index in [0.717, 1.165) is 31.9 Å². The van der Waals surface area contributed by atoms with Crippen molar-refractivity contribution < 1.29 is 9.53 Å². The van der Waals surface area contributed by atoms with Crippen LogP contribution in [0.3, 0.4) is 0 Å². The van der Waals surface area contributed by atoms with Crippen molar-refractivity contribution in [3.63, 3.8) is 0 Å². The van der Waals surface area contributed by atoms with Crippen molar-refractivity contribution in [3.05, 3.63) is 23.9 Å². The van der Waals surface area contributed by atoms with E-state index in [1.165, 1.54) is 0 Å². The monoisotopic (exact) mass is 263 g/mol. The third-order valence-corrected chi connectivity index (χ3v) is 3.36. The summed E-state index contributed by atoms with van der Waals surface area (Å²) in [5.41, 5.74) is 0.655. The molecule has 1 saturated heterocycles. The molecular weight excluding hydrogens is 242 g/mol. The van der Waals surface area contributed by atoms with Crippen LogP contribution in [0.2, 0.25) is 0 Å². The third-order valence-electron chi connectivity index (χ3n) is 3.36. The number of carbonyl (C=O) groups is 1. The fourth-order valence-corrected chi connectivity index (χ4v) is 2.48. The van der Waals surface area contributed by atoms with Gasteiger partial charge < -0.3 is 15.0 Å². The Kier molecular flexibility index (Phi) is 4.74. The van der Waals surface area contributed by atoms with Crippen LogP contribution in [0.5, 0.6) is 0 Å². The number of hydrogen-bond acceptors (Lipinski definition) is 4. The van der Waals surface area contributed by atoms with E-state index in [2.05, 4.69) is 15.2 Å². The highest BCUT2D eigenvalue weighted by molar-refractivity contribution is 5.98. The number of carbonyl (C=O) groups excluding carboxylic acids is 1. The Morgan fingerprint density at radius 2 is 2.47 bits per heavy atom. The SMILES string of the molecule is CCNC(=O)c1cccnc1N1CCC(COC)C1. The maximum absolute atomic E-state index is 12.0. The lowest BCUT2D eigenvalue weighted by Gasteiger charge is -2.20. The number of methoxy groups -OCH3 is 1. The summed E-state index contributed by atoms with van der Waals surface area (Å²) in [7, 11) is 1.73. The molecule has 0 spiro atoms. The van der Waals surface area contributed by atoms with E-state index in [4.69, 9.17) is 4.74 Å². The predicted molar refractivity (Wildman–Crippen MR) is 74.4 cm³/mol. The third kappa shape index (κ3) is 3.23. The lowest BCUT2D eigenvalue weighted by Crippen LogP contribution is -2.28. The molecular formula is C14H21N3O2. The highest BCUT2D eigenvalue weighted by atomic mass is 16.5. The van der Waals surface area contributed by atoms with Crippen molar-refractivity contribution in [2.75, 3.05) is 38.3 Å². The average Bonchev–Trinajstić information content (AvgIpc) is 2.88. The zero-order valence-corrected chi connectivity index (χ0v) is 11.6. The van der Waals surface area contributed by atoms with Gasteiger partial charge in [0.25, 0.3) is 5.91 Å². The van der Waals surface area contributed by atoms with Crippen LogP contribution in [0.15, 0.2) is 18.3 Å². The minimum Gasteiger partial charge on any atom is -0.384 e. The van der Waals surface area contributed by atoms with Crippen LogP contribution in [-0.4, -0.2) is 44.2 Å². The van der Waals surface area contributed by atoms with Crippen LogP contribution in [0.1, 0.15) is 23.7 Å². The minimum absolute atomic E-state index is 0.0548. The van der Waals surface area contributed by atoms with E-state index in [1.807, 2.05) is 13.0 Å². The molecule has 2 heterocycles. The number of ether oxygens (including phenoxy) is 1. The highest BCUT2D eigenvalue weighted by Gasteiger charge is 2.26. The molecule has 0 radical (unpaired) electrons. The fraction of sp³-hybridized carbons (Fsp3) is 0.571. The maximum atomic E-state index is 12.0. The predicted octanol–water partition coefficient (Wildman–Crippen LogP) is 1.30. The Morgan fingerprint density at radius 3 is 3.21 bits per heavy atom. The summed E-state index contributed by atoms with van der Waals surface area (Å²) in [5.74, 6) is 1.25. The summed E-state index contributed by atoms with van der Waals surface area (Å²) < 4.78 is 5.20. The molecule has 1 unspecified atom stereocenters. The van der Waals surface area contributed by atoms with Crippen molar-refractivity contribution in [1.29, 1.82) is 0 Å². The van der Waals surface area contributed by atoms with E-state index >= 15 is 0 Å². The molecule has 2 rings (SSSR count). The lowest BCUT2D eigenvalue weighted by molar-refractivity contribution is 0.0956. The molecule has 1 amide bonds. The standard InChI is InChI=1S/C14H21N3O2/c1-3-15-14(18)12-5-4-7-16-13(12)17-8-6-11(9-17)10-19-2/h4-5,7,11H,3,6,8-10H2,1-2H3,(H,15,18). The van der Waals surface area contributed by atoms with Crippen LogP contribution in [0.4, 0.5) is 5.82 Å². The van der Waals surface area contributed by atoms with Gasteiger partial charge in [0.2, 0.25) is 0 Å². The zero-order valence-electron chi connectivity index (χ0n) is 11.6. The summed E-state index contributed by atoms with van der Waals surface area (Å²) >= 11 is 0. The molecule has 1 aromatic rings. The van der Waals surface area contributed by atoms with Gasteiger partial charge in [0.05, 0.1) is 12.2 Å². The highest BCUT2D eigenvalue weighted by Crippen LogP contribution is 2.25. The Hall–Kier alpha value is -1.62. The summed E-state index contributed by atoms with van der Waals surface area (Å²) in [6.45, 7) is 5.13. The van der Waals surface area contributed by atoms with Gasteiger partial charge in [0, 0.05) is 38.9 Å². The molecule has 5 nitrogen and oxygen atoms in total. The van der Waals surface area contributed by atoms with Crippen molar-refractivity contribution in [3.8, 4) is 0 Å². The molecule has 1 atom stereocenters.